The lowest BCUT2D eigenvalue weighted by molar-refractivity contribution is 0.0733. The van der Waals surface area contributed by atoms with Gasteiger partial charge in [-0.3, -0.25) is 9.52 Å². The molecule has 0 fully saturated rings. The molecule has 192 valence electrons. The van der Waals surface area contributed by atoms with Crippen LogP contribution < -0.4 is 14.9 Å². The molecule has 10 heteroatoms. The zero-order valence-corrected chi connectivity index (χ0v) is 22.5. The Morgan fingerprint density at radius 1 is 0.868 bits per heavy atom. The number of hydrogen-bond donors (Lipinski definition) is 2. The first-order chi connectivity index (χ1) is 18.2. The van der Waals surface area contributed by atoms with Gasteiger partial charge in [-0.1, -0.05) is 29.8 Å². The molecule has 0 bridgehead atoms. The third kappa shape index (κ3) is 6.93. The summed E-state index contributed by atoms with van der Waals surface area (Å²) in [6.07, 6.45) is 1.45. The first kappa shape index (κ1) is 26.8. The molecule has 0 aliphatic heterocycles. The molecular weight excluding hydrogens is 570 g/mol. The number of esters is 1. The lowest BCUT2D eigenvalue weighted by Gasteiger charge is -2.09. The molecule has 0 atom stereocenters. The third-order valence-electron chi connectivity index (χ3n) is 5.29. The number of nitrogens with one attached hydrogen (secondary N) is 2. The zero-order valence-electron chi connectivity index (χ0n) is 20.1. The molecule has 0 aliphatic carbocycles. The van der Waals surface area contributed by atoms with Gasteiger partial charge in [-0.15, -0.1) is 0 Å². The number of carbonyl (C=O) groups is 2. The molecule has 4 rings (SSSR count). The van der Waals surface area contributed by atoms with Crippen LogP contribution in [0.3, 0.4) is 0 Å². The van der Waals surface area contributed by atoms with Gasteiger partial charge < -0.3 is 4.74 Å². The van der Waals surface area contributed by atoms with Crippen LogP contribution in [-0.2, 0) is 10.0 Å². The highest BCUT2D eigenvalue weighted by molar-refractivity contribution is 9.10. The van der Waals surface area contributed by atoms with E-state index in [4.69, 9.17) is 4.74 Å². The van der Waals surface area contributed by atoms with Gasteiger partial charge in [0, 0.05) is 15.7 Å². The molecule has 0 spiro atoms. The Bertz CT molecular complexity index is 1590. The van der Waals surface area contributed by atoms with Crippen LogP contribution in [-0.4, -0.2) is 26.5 Å². The SMILES string of the molecule is Cc1ccc(S(=O)(=O)Nc2ccc(C(=O)N/N=C\c3ccc(OC(=O)c4ccccc4Br)cc3)cc2)cc1. The predicted molar refractivity (Wildman–Crippen MR) is 149 cm³/mol. The maximum atomic E-state index is 12.5. The van der Waals surface area contributed by atoms with Gasteiger partial charge in [0.1, 0.15) is 5.75 Å². The minimum atomic E-state index is -3.74. The highest BCUT2D eigenvalue weighted by Gasteiger charge is 2.14. The van der Waals surface area contributed by atoms with Gasteiger partial charge in [-0.25, -0.2) is 18.6 Å². The van der Waals surface area contributed by atoms with Crippen LogP contribution in [0.1, 0.15) is 31.8 Å². The molecule has 0 aromatic heterocycles. The van der Waals surface area contributed by atoms with E-state index < -0.39 is 21.9 Å². The average Bonchev–Trinajstić information content (AvgIpc) is 2.90. The number of benzene rings is 4. The van der Waals surface area contributed by atoms with Crippen LogP contribution in [0.5, 0.6) is 5.75 Å². The summed E-state index contributed by atoms with van der Waals surface area (Å²) in [6.45, 7) is 1.87. The summed E-state index contributed by atoms with van der Waals surface area (Å²) in [5.74, 6) is -0.585. The molecule has 4 aromatic carbocycles. The fraction of sp³-hybridized carbons (Fsp3) is 0.0357. The Hall–Kier alpha value is -4.28. The first-order valence-electron chi connectivity index (χ1n) is 11.3. The van der Waals surface area contributed by atoms with Gasteiger partial charge in [-0.2, -0.15) is 5.10 Å². The largest absolute Gasteiger partial charge is 0.423 e. The van der Waals surface area contributed by atoms with Crippen molar-refractivity contribution in [2.45, 2.75) is 11.8 Å². The molecule has 0 aliphatic rings. The molecule has 8 nitrogen and oxygen atoms in total. The number of nitrogens with zero attached hydrogens (tertiary/aromatic N) is 1. The van der Waals surface area contributed by atoms with Crippen molar-refractivity contribution in [2.24, 2.45) is 5.10 Å². The summed E-state index contributed by atoms with van der Waals surface area (Å²) in [5.41, 5.74) is 5.09. The van der Waals surface area contributed by atoms with E-state index in [0.29, 0.717) is 32.6 Å². The van der Waals surface area contributed by atoms with Crippen molar-refractivity contribution in [3.8, 4) is 5.75 Å². The van der Waals surface area contributed by atoms with E-state index in [1.165, 1.54) is 42.6 Å². The quantitative estimate of drug-likeness (QED) is 0.121. The van der Waals surface area contributed by atoms with E-state index in [2.05, 4.69) is 31.2 Å². The van der Waals surface area contributed by atoms with Crippen molar-refractivity contribution in [3.05, 3.63) is 124 Å². The number of amides is 1. The van der Waals surface area contributed by atoms with Gasteiger partial charge in [0.25, 0.3) is 15.9 Å². The van der Waals surface area contributed by atoms with Gasteiger partial charge in [0.15, 0.2) is 0 Å². The molecule has 2 N–H and O–H groups in total. The van der Waals surface area contributed by atoms with Crippen LogP contribution in [0.25, 0.3) is 0 Å². The van der Waals surface area contributed by atoms with Crippen LogP contribution in [0.4, 0.5) is 5.69 Å². The summed E-state index contributed by atoms with van der Waals surface area (Å²) in [5, 5.41) is 3.95. The lowest BCUT2D eigenvalue weighted by atomic mass is 10.2. The van der Waals surface area contributed by atoms with E-state index in [0.717, 1.165) is 5.56 Å². The second-order valence-corrected chi connectivity index (χ2v) is 10.7. The summed E-state index contributed by atoms with van der Waals surface area (Å²) < 4.78 is 33.6. The molecule has 0 saturated heterocycles. The number of hydrazone groups is 1. The molecule has 0 radical (unpaired) electrons. The highest BCUT2D eigenvalue weighted by Crippen LogP contribution is 2.20. The predicted octanol–water partition coefficient (Wildman–Crippen LogP) is 5.54. The zero-order chi connectivity index (χ0) is 27.1. The van der Waals surface area contributed by atoms with Crippen molar-refractivity contribution >= 4 is 49.7 Å². The topological polar surface area (TPSA) is 114 Å². The van der Waals surface area contributed by atoms with E-state index in [1.54, 1.807) is 60.7 Å². The van der Waals surface area contributed by atoms with Gasteiger partial charge in [0.2, 0.25) is 0 Å². The van der Waals surface area contributed by atoms with Crippen molar-refractivity contribution in [1.82, 2.24) is 5.43 Å². The van der Waals surface area contributed by atoms with Gasteiger partial charge in [-0.05, 0) is 101 Å². The minimum absolute atomic E-state index is 0.148. The second kappa shape index (κ2) is 11.8. The first-order valence-corrected chi connectivity index (χ1v) is 13.6. The Morgan fingerprint density at radius 3 is 2.18 bits per heavy atom. The number of hydrogen-bond acceptors (Lipinski definition) is 6. The lowest BCUT2D eigenvalue weighted by Crippen LogP contribution is -2.18. The summed E-state index contributed by atoms with van der Waals surface area (Å²) in [6, 6.07) is 26.1. The maximum absolute atomic E-state index is 12.5. The molecule has 1 amide bonds. The monoisotopic (exact) mass is 591 g/mol. The Morgan fingerprint density at radius 2 is 1.53 bits per heavy atom. The Labute approximate surface area is 228 Å². The molecular formula is C28H22BrN3O5S. The number of rotatable bonds is 8. The number of aryl methyl sites for hydroxylation is 1. The Balaban J connectivity index is 1.31. The van der Waals surface area contributed by atoms with Crippen LogP contribution in [0.2, 0.25) is 0 Å². The van der Waals surface area contributed by atoms with Crippen molar-refractivity contribution < 1.29 is 22.7 Å². The van der Waals surface area contributed by atoms with Crippen LogP contribution in [0.15, 0.2) is 112 Å². The van der Waals surface area contributed by atoms with E-state index in [-0.39, 0.29) is 4.90 Å². The molecule has 0 unspecified atom stereocenters. The van der Waals surface area contributed by atoms with Gasteiger partial charge >= 0.3 is 5.97 Å². The van der Waals surface area contributed by atoms with E-state index in [9.17, 15) is 18.0 Å². The summed E-state index contributed by atoms with van der Waals surface area (Å²) in [7, 11) is -3.74. The number of sulfonamides is 1. The molecule has 38 heavy (non-hydrogen) atoms. The summed E-state index contributed by atoms with van der Waals surface area (Å²) >= 11 is 3.32. The Kier molecular flexibility index (Phi) is 8.35. The normalized spacial score (nSPS) is 11.2. The number of halogens is 1. The van der Waals surface area contributed by atoms with Gasteiger partial charge in [0.05, 0.1) is 16.7 Å². The standard InChI is InChI=1S/C28H22BrN3O5S/c1-19-6-16-24(17-7-19)38(35,36)32-22-12-10-21(11-13-22)27(33)31-30-18-20-8-14-23(15-9-20)37-28(34)25-4-2-3-5-26(25)29/h2-18,32H,1H3,(H,31,33)/b30-18-. The third-order valence-corrected chi connectivity index (χ3v) is 7.38. The van der Waals surface area contributed by atoms with Crippen LogP contribution >= 0.6 is 15.9 Å². The van der Waals surface area contributed by atoms with Crippen molar-refractivity contribution in [2.75, 3.05) is 4.72 Å². The van der Waals surface area contributed by atoms with E-state index in [1.807, 2.05) is 6.92 Å². The summed E-state index contributed by atoms with van der Waals surface area (Å²) in [4.78, 5) is 24.9. The van der Waals surface area contributed by atoms with Crippen LogP contribution in [0, 0.1) is 6.92 Å². The highest BCUT2D eigenvalue weighted by atomic mass is 79.9. The average molecular weight is 592 g/mol. The molecule has 0 heterocycles. The maximum Gasteiger partial charge on any atom is 0.344 e. The number of anilines is 1. The fourth-order valence-corrected chi connectivity index (χ4v) is 4.77. The van der Waals surface area contributed by atoms with Crippen molar-refractivity contribution in [1.29, 1.82) is 0 Å². The fourth-order valence-electron chi connectivity index (χ4n) is 3.26. The smallest absolute Gasteiger partial charge is 0.344 e. The van der Waals surface area contributed by atoms with E-state index >= 15 is 0 Å². The van der Waals surface area contributed by atoms with Crippen molar-refractivity contribution in [3.63, 3.8) is 0 Å². The molecule has 4 aromatic rings. The second-order valence-electron chi connectivity index (χ2n) is 8.13. The minimum Gasteiger partial charge on any atom is -0.423 e. The molecule has 0 saturated carbocycles. The number of carbonyl (C=O) groups excluding carboxylic acids is 2. The number of ether oxygens (including phenoxy) is 1.